The van der Waals surface area contributed by atoms with Crippen molar-refractivity contribution in [1.29, 1.82) is 0 Å². The number of rotatable bonds is 9. The van der Waals surface area contributed by atoms with Crippen molar-refractivity contribution in [2.24, 2.45) is 5.92 Å². The predicted molar refractivity (Wildman–Crippen MR) is 121 cm³/mol. The number of anilines is 1. The number of thiocarbonyl (C=S) groups is 1. The number of amides is 2. The summed E-state index contributed by atoms with van der Waals surface area (Å²) in [5.41, 5.74) is 1.65. The Bertz CT molecular complexity index is 852. The van der Waals surface area contributed by atoms with Crippen LogP contribution in [-0.4, -0.2) is 43.8 Å². The fourth-order valence-corrected chi connectivity index (χ4v) is 2.59. The Labute approximate surface area is 182 Å². The Kier molecular flexibility index (Phi) is 9.24. The Hall–Kier alpha value is -2.97. The standard InChI is InChI=1S/C22H27N3O4S/c1-15(2)14-29-19-10-6-17(7-11-19)21(27)25-22(30)24-18-8-4-16(5-9-18)20(26)23-12-13-28-3/h4-11,15H,12-14H2,1-3H3,(H,23,26)(H2,24,25,27,30). The Morgan fingerprint density at radius 3 is 2.17 bits per heavy atom. The maximum atomic E-state index is 12.3. The average Bonchev–Trinajstić information content (AvgIpc) is 2.73. The maximum absolute atomic E-state index is 12.3. The van der Waals surface area contributed by atoms with Gasteiger partial charge in [-0.3, -0.25) is 14.9 Å². The van der Waals surface area contributed by atoms with Gasteiger partial charge in [0, 0.05) is 30.5 Å². The lowest BCUT2D eigenvalue weighted by molar-refractivity contribution is 0.0935. The molecule has 2 aromatic rings. The van der Waals surface area contributed by atoms with Crippen molar-refractivity contribution < 1.29 is 19.1 Å². The summed E-state index contributed by atoms with van der Waals surface area (Å²) < 4.78 is 10.5. The molecular formula is C22H27N3O4S. The molecule has 0 aliphatic carbocycles. The van der Waals surface area contributed by atoms with Crippen LogP contribution in [0, 0.1) is 5.92 Å². The molecule has 0 aliphatic rings. The minimum Gasteiger partial charge on any atom is -0.493 e. The molecule has 160 valence electrons. The number of hydrogen-bond acceptors (Lipinski definition) is 5. The molecule has 30 heavy (non-hydrogen) atoms. The minimum atomic E-state index is -0.322. The van der Waals surface area contributed by atoms with E-state index in [0.717, 1.165) is 0 Å². The SMILES string of the molecule is COCCNC(=O)c1ccc(NC(=S)NC(=O)c2ccc(OCC(C)C)cc2)cc1. The normalized spacial score (nSPS) is 10.4. The first-order valence-corrected chi connectivity index (χ1v) is 10.0. The van der Waals surface area contributed by atoms with E-state index in [0.29, 0.717) is 48.2 Å². The van der Waals surface area contributed by atoms with Crippen LogP contribution in [0.15, 0.2) is 48.5 Å². The highest BCUT2D eigenvalue weighted by molar-refractivity contribution is 7.80. The smallest absolute Gasteiger partial charge is 0.257 e. The van der Waals surface area contributed by atoms with E-state index in [-0.39, 0.29) is 16.9 Å². The molecule has 0 bridgehead atoms. The summed E-state index contributed by atoms with van der Waals surface area (Å²) >= 11 is 5.20. The zero-order valence-corrected chi connectivity index (χ0v) is 18.2. The van der Waals surface area contributed by atoms with Crippen molar-refractivity contribution in [1.82, 2.24) is 10.6 Å². The quantitative estimate of drug-likeness (QED) is 0.419. The van der Waals surface area contributed by atoms with Gasteiger partial charge in [-0.2, -0.15) is 0 Å². The van der Waals surface area contributed by atoms with E-state index in [9.17, 15) is 9.59 Å². The molecule has 0 heterocycles. The molecule has 0 atom stereocenters. The molecule has 0 fully saturated rings. The van der Waals surface area contributed by atoms with Crippen LogP contribution >= 0.6 is 12.2 Å². The summed E-state index contributed by atoms with van der Waals surface area (Å²) in [6.07, 6.45) is 0. The number of methoxy groups -OCH3 is 1. The van der Waals surface area contributed by atoms with Gasteiger partial charge in [0.1, 0.15) is 5.75 Å². The maximum Gasteiger partial charge on any atom is 0.257 e. The third-order valence-corrected chi connectivity index (χ3v) is 4.13. The van der Waals surface area contributed by atoms with Gasteiger partial charge >= 0.3 is 0 Å². The number of carbonyl (C=O) groups excluding carboxylic acids is 2. The van der Waals surface area contributed by atoms with Gasteiger partial charge in [0.15, 0.2) is 5.11 Å². The van der Waals surface area contributed by atoms with Crippen molar-refractivity contribution in [3.63, 3.8) is 0 Å². The highest BCUT2D eigenvalue weighted by Crippen LogP contribution is 2.14. The van der Waals surface area contributed by atoms with Gasteiger partial charge < -0.3 is 20.1 Å². The number of benzene rings is 2. The molecule has 7 nitrogen and oxygen atoms in total. The highest BCUT2D eigenvalue weighted by atomic mass is 32.1. The molecule has 0 saturated heterocycles. The van der Waals surface area contributed by atoms with E-state index in [1.165, 1.54) is 0 Å². The Balaban J connectivity index is 1.84. The van der Waals surface area contributed by atoms with Gasteiger partial charge in [-0.05, 0) is 66.7 Å². The molecular weight excluding hydrogens is 402 g/mol. The molecule has 0 aromatic heterocycles. The lowest BCUT2D eigenvalue weighted by Gasteiger charge is -2.11. The topological polar surface area (TPSA) is 88.7 Å². The van der Waals surface area contributed by atoms with Gasteiger partial charge in [0.2, 0.25) is 0 Å². The molecule has 3 N–H and O–H groups in total. The zero-order valence-electron chi connectivity index (χ0n) is 17.4. The third kappa shape index (κ3) is 7.81. The van der Waals surface area contributed by atoms with Gasteiger partial charge in [0.05, 0.1) is 13.2 Å². The van der Waals surface area contributed by atoms with E-state index in [4.69, 9.17) is 21.7 Å². The van der Waals surface area contributed by atoms with Crippen molar-refractivity contribution in [2.75, 3.05) is 32.2 Å². The Morgan fingerprint density at radius 2 is 1.57 bits per heavy atom. The van der Waals surface area contributed by atoms with Crippen molar-refractivity contribution in [3.8, 4) is 5.75 Å². The Morgan fingerprint density at radius 1 is 0.967 bits per heavy atom. The number of carbonyl (C=O) groups is 2. The molecule has 2 amide bonds. The van der Waals surface area contributed by atoms with Crippen LogP contribution in [0.4, 0.5) is 5.69 Å². The van der Waals surface area contributed by atoms with Crippen LogP contribution in [-0.2, 0) is 4.74 Å². The van der Waals surface area contributed by atoms with E-state index in [1.54, 1.807) is 55.6 Å². The van der Waals surface area contributed by atoms with Gasteiger partial charge in [-0.25, -0.2) is 0 Å². The second-order valence-corrected chi connectivity index (χ2v) is 7.37. The van der Waals surface area contributed by atoms with E-state index in [1.807, 2.05) is 0 Å². The fraction of sp³-hybridized carbons (Fsp3) is 0.318. The third-order valence-electron chi connectivity index (χ3n) is 3.92. The molecule has 0 spiro atoms. The van der Waals surface area contributed by atoms with Crippen LogP contribution in [0.2, 0.25) is 0 Å². The van der Waals surface area contributed by atoms with Crippen LogP contribution in [0.3, 0.4) is 0 Å². The molecule has 0 radical (unpaired) electrons. The van der Waals surface area contributed by atoms with Gasteiger partial charge in [-0.1, -0.05) is 13.8 Å². The summed E-state index contributed by atoms with van der Waals surface area (Å²) in [4.78, 5) is 24.3. The first kappa shape index (κ1) is 23.3. The highest BCUT2D eigenvalue weighted by Gasteiger charge is 2.09. The van der Waals surface area contributed by atoms with Crippen LogP contribution in [0.5, 0.6) is 5.75 Å². The number of nitrogens with one attached hydrogen (secondary N) is 3. The van der Waals surface area contributed by atoms with E-state index < -0.39 is 0 Å². The molecule has 2 aromatic carbocycles. The first-order valence-electron chi connectivity index (χ1n) is 9.61. The largest absolute Gasteiger partial charge is 0.493 e. The molecule has 8 heteroatoms. The molecule has 0 aliphatic heterocycles. The fourth-order valence-electron chi connectivity index (χ4n) is 2.38. The monoisotopic (exact) mass is 429 g/mol. The number of ether oxygens (including phenoxy) is 2. The summed E-state index contributed by atoms with van der Waals surface area (Å²) in [6, 6.07) is 13.6. The van der Waals surface area contributed by atoms with E-state index in [2.05, 4.69) is 29.8 Å². The average molecular weight is 430 g/mol. The van der Waals surface area contributed by atoms with Crippen LogP contribution < -0.4 is 20.7 Å². The molecule has 0 saturated carbocycles. The molecule has 0 unspecified atom stereocenters. The van der Waals surface area contributed by atoms with Crippen molar-refractivity contribution in [3.05, 3.63) is 59.7 Å². The summed E-state index contributed by atoms with van der Waals surface area (Å²) in [6.45, 7) is 5.65. The van der Waals surface area contributed by atoms with Gasteiger partial charge in [-0.15, -0.1) is 0 Å². The summed E-state index contributed by atoms with van der Waals surface area (Å²) in [5.74, 6) is 0.634. The molecule has 2 rings (SSSR count). The lowest BCUT2D eigenvalue weighted by atomic mass is 10.2. The van der Waals surface area contributed by atoms with Crippen molar-refractivity contribution in [2.45, 2.75) is 13.8 Å². The predicted octanol–water partition coefficient (Wildman–Crippen LogP) is 3.22. The first-order chi connectivity index (χ1) is 14.4. The second-order valence-electron chi connectivity index (χ2n) is 6.96. The minimum absolute atomic E-state index is 0.164. The zero-order chi connectivity index (χ0) is 21.9. The van der Waals surface area contributed by atoms with E-state index >= 15 is 0 Å². The summed E-state index contributed by atoms with van der Waals surface area (Å²) in [5, 5.41) is 8.47. The van der Waals surface area contributed by atoms with Crippen molar-refractivity contribution >= 4 is 34.8 Å². The summed E-state index contributed by atoms with van der Waals surface area (Å²) in [7, 11) is 1.58. The number of hydrogen-bond donors (Lipinski definition) is 3. The van der Waals surface area contributed by atoms with Crippen LogP contribution in [0.25, 0.3) is 0 Å². The van der Waals surface area contributed by atoms with Crippen LogP contribution in [0.1, 0.15) is 34.6 Å². The lowest BCUT2D eigenvalue weighted by Crippen LogP contribution is -2.34. The second kappa shape index (κ2) is 11.9. The van der Waals surface area contributed by atoms with Gasteiger partial charge in [0.25, 0.3) is 11.8 Å².